The highest BCUT2D eigenvalue weighted by molar-refractivity contribution is 5.80. The molecule has 162 valence electrons. The van der Waals surface area contributed by atoms with Crippen LogP contribution in [0.2, 0.25) is 0 Å². The van der Waals surface area contributed by atoms with Gasteiger partial charge in [-0.15, -0.1) is 0 Å². The molecule has 0 radical (unpaired) electrons. The largest absolute Gasteiger partial charge is 0.416 e. The molecule has 0 aromatic heterocycles. The first-order chi connectivity index (χ1) is 13.8. The van der Waals surface area contributed by atoms with E-state index < -0.39 is 17.3 Å². The number of benzene rings is 1. The second kappa shape index (κ2) is 9.34. The zero-order chi connectivity index (χ0) is 20.9. The van der Waals surface area contributed by atoms with Gasteiger partial charge in [0.1, 0.15) is 0 Å². The maximum absolute atomic E-state index is 12.9. The number of rotatable bonds is 6. The van der Waals surface area contributed by atoms with Gasteiger partial charge < -0.3 is 15.7 Å². The third-order valence-corrected chi connectivity index (χ3v) is 5.75. The van der Waals surface area contributed by atoms with Crippen LogP contribution in [0.4, 0.5) is 13.2 Å². The van der Waals surface area contributed by atoms with Gasteiger partial charge in [0, 0.05) is 32.2 Å². The molecule has 2 aliphatic rings. The van der Waals surface area contributed by atoms with Crippen LogP contribution in [0.1, 0.15) is 50.2 Å². The Morgan fingerprint density at radius 3 is 2.59 bits per heavy atom. The summed E-state index contributed by atoms with van der Waals surface area (Å²) in [7, 11) is 0. The van der Waals surface area contributed by atoms with E-state index in [1.807, 2.05) is 6.92 Å². The third kappa shape index (κ3) is 6.34. The molecule has 1 aliphatic carbocycles. The summed E-state index contributed by atoms with van der Waals surface area (Å²) >= 11 is 0. The predicted molar refractivity (Wildman–Crippen MR) is 108 cm³/mol. The molecular formula is C21H31F3N4O. The van der Waals surface area contributed by atoms with Crippen LogP contribution >= 0.6 is 0 Å². The molecule has 1 heterocycles. The van der Waals surface area contributed by atoms with Crippen molar-refractivity contribution >= 4 is 5.96 Å². The molecule has 0 atom stereocenters. The van der Waals surface area contributed by atoms with E-state index in [0.29, 0.717) is 18.7 Å². The summed E-state index contributed by atoms with van der Waals surface area (Å²) in [6.45, 7) is 5.33. The minimum Gasteiger partial charge on any atom is -0.388 e. The van der Waals surface area contributed by atoms with Gasteiger partial charge in [0.2, 0.25) is 0 Å². The summed E-state index contributed by atoms with van der Waals surface area (Å²) < 4.78 is 38.7. The van der Waals surface area contributed by atoms with Crippen molar-refractivity contribution in [1.29, 1.82) is 0 Å². The number of hydrogen-bond donors (Lipinski definition) is 3. The number of likely N-dealkylation sites (tertiary alicyclic amines) is 1. The second-order valence-corrected chi connectivity index (χ2v) is 8.17. The molecule has 3 N–H and O–H groups in total. The quantitative estimate of drug-likeness (QED) is 0.496. The van der Waals surface area contributed by atoms with Gasteiger partial charge in [-0.1, -0.05) is 18.2 Å². The van der Waals surface area contributed by atoms with Crippen LogP contribution < -0.4 is 10.6 Å². The summed E-state index contributed by atoms with van der Waals surface area (Å²) in [4.78, 5) is 6.73. The number of hydrogen-bond acceptors (Lipinski definition) is 3. The molecular weight excluding hydrogens is 381 g/mol. The normalized spacial score (nSPS) is 20.9. The molecule has 0 unspecified atom stereocenters. The Kier molecular flexibility index (Phi) is 7.05. The first kappa shape index (κ1) is 21.9. The molecule has 1 saturated heterocycles. The van der Waals surface area contributed by atoms with E-state index in [4.69, 9.17) is 0 Å². The van der Waals surface area contributed by atoms with Gasteiger partial charge in [-0.2, -0.15) is 13.2 Å². The minimum atomic E-state index is -4.30. The fraction of sp³-hybridized carbons (Fsp3) is 0.667. The van der Waals surface area contributed by atoms with E-state index >= 15 is 0 Å². The molecule has 8 heteroatoms. The number of halogens is 3. The zero-order valence-corrected chi connectivity index (χ0v) is 16.9. The molecule has 5 nitrogen and oxygen atoms in total. The van der Waals surface area contributed by atoms with E-state index in [2.05, 4.69) is 20.5 Å². The molecule has 0 amide bonds. The maximum Gasteiger partial charge on any atom is 0.416 e. The number of nitrogens with one attached hydrogen (secondary N) is 2. The average Bonchev–Trinajstić information content (AvgIpc) is 2.66. The van der Waals surface area contributed by atoms with Gasteiger partial charge in [-0.05, 0) is 50.7 Å². The molecule has 0 spiro atoms. The molecule has 1 aliphatic heterocycles. The Morgan fingerprint density at radius 2 is 2.00 bits per heavy atom. The number of aliphatic imine (C=N–C) groups is 1. The lowest BCUT2D eigenvalue weighted by molar-refractivity contribution is -0.137. The summed E-state index contributed by atoms with van der Waals surface area (Å²) in [6.07, 6.45) is 0.164. The summed E-state index contributed by atoms with van der Waals surface area (Å²) in [5.41, 5.74) is -0.544. The molecule has 1 aromatic rings. The first-order valence-corrected chi connectivity index (χ1v) is 10.4. The standard InChI is InChI=1S/C21H31F3N4O/c1-2-25-19(26-15-20(29)9-4-10-20)27-18-7-11-28(12-8-18)14-16-5-3-6-17(13-16)21(22,23)24/h3,5-6,13,18,29H,2,4,7-12,14-15H2,1H3,(H2,25,26,27). The van der Waals surface area contributed by atoms with E-state index in [1.54, 1.807) is 6.07 Å². The lowest BCUT2D eigenvalue weighted by Crippen LogP contribution is -2.49. The molecule has 3 rings (SSSR count). The Bertz CT molecular complexity index is 695. The van der Waals surface area contributed by atoms with E-state index in [0.717, 1.165) is 63.8 Å². The van der Waals surface area contributed by atoms with Crippen molar-refractivity contribution in [2.24, 2.45) is 4.99 Å². The molecule has 0 bridgehead atoms. The fourth-order valence-electron chi connectivity index (χ4n) is 3.82. The van der Waals surface area contributed by atoms with Crippen LogP contribution in [0.5, 0.6) is 0 Å². The molecule has 1 saturated carbocycles. The van der Waals surface area contributed by atoms with Crippen molar-refractivity contribution in [3.8, 4) is 0 Å². The van der Waals surface area contributed by atoms with Gasteiger partial charge in [0.15, 0.2) is 5.96 Å². The van der Waals surface area contributed by atoms with Gasteiger partial charge in [-0.3, -0.25) is 9.89 Å². The van der Waals surface area contributed by atoms with Crippen molar-refractivity contribution in [2.45, 2.75) is 63.4 Å². The number of guanidine groups is 1. The highest BCUT2D eigenvalue weighted by Gasteiger charge is 2.34. The van der Waals surface area contributed by atoms with Gasteiger partial charge in [-0.25, -0.2) is 0 Å². The lowest BCUT2D eigenvalue weighted by atomic mass is 9.80. The number of piperidine rings is 1. The van der Waals surface area contributed by atoms with Gasteiger partial charge >= 0.3 is 6.18 Å². The number of alkyl halides is 3. The van der Waals surface area contributed by atoms with Crippen LogP contribution in [0.25, 0.3) is 0 Å². The zero-order valence-electron chi connectivity index (χ0n) is 16.9. The van der Waals surface area contributed by atoms with E-state index in [9.17, 15) is 18.3 Å². The van der Waals surface area contributed by atoms with Crippen molar-refractivity contribution in [3.05, 3.63) is 35.4 Å². The predicted octanol–water partition coefficient (Wildman–Crippen LogP) is 3.14. The summed E-state index contributed by atoms with van der Waals surface area (Å²) in [5, 5.41) is 16.9. The highest BCUT2D eigenvalue weighted by atomic mass is 19.4. The second-order valence-electron chi connectivity index (χ2n) is 8.17. The van der Waals surface area contributed by atoms with Crippen molar-refractivity contribution in [3.63, 3.8) is 0 Å². The molecule has 29 heavy (non-hydrogen) atoms. The van der Waals surface area contributed by atoms with Crippen LogP contribution in [0.15, 0.2) is 29.3 Å². The smallest absolute Gasteiger partial charge is 0.388 e. The summed E-state index contributed by atoms with van der Waals surface area (Å²) in [6, 6.07) is 5.84. The Morgan fingerprint density at radius 1 is 1.28 bits per heavy atom. The average molecular weight is 413 g/mol. The van der Waals surface area contributed by atoms with Crippen molar-refractivity contribution in [1.82, 2.24) is 15.5 Å². The van der Waals surface area contributed by atoms with Crippen LogP contribution in [-0.2, 0) is 12.7 Å². The number of aliphatic hydroxyl groups is 1. The Hall–Kier alpha value is -1.80. The Labute approximate surface area is 170 Å². The molecule has 2 fully saturated rings. The third-order valence-electron chi connectivity index (χ3n) is 5.75. The van der Waals surface area contributed by atoms with Gasteiger partial charge in [0.05, 0.1) is 17.7 Å². The number of nitrogens with zero attached hydrogens (tertiary/aromatic N) is 2. The van der Waals surface area contributed by atoms with Crippen LogP contribution in [0, 0.1) is 0 Å². The van der Waals surface area contributed by atoms with Crippen LogP contribution in [-0.4, -0.2) is 53.8 Å². The SMILES string of the molecule is CCNC(=NCC1(O)CCC1)NC1CCN(Cc2cccc(C(F)(F)F)c2)CC1. The van der Waals surface area contributed by atoms with Gasteiger partial charge in [0.25, 0.3) is 0 Å². The van der Waals surface area contributed by atoms with E-state index in [1.165, 1.54) is 12.1 Å². The van der Waals surface area contributed by atoms with Crippen molar-refractivity contribution < 1.29 is 18.3 Å². The van der Waals surface area contributed by atoms with Crippen molar-refractivity contribution in [2.75, 3.05) is 26.2 Å². The molecule has 1 aromatic carbocycles. The summed E-state index contributed by atoms with van der Waals surface area (Å²) in [5.74, 6) is 0.726. The Balaban J connectivity index is 1.48. The topological polar surface area (TPSA) is 59.9 Å². The monoisotopic (exact) mass is 412 g/mol. The van der Waals surface area contributed by atoms with Crippen LogP contribution in [0.3, 0.4) is 0 Å². The van der Waals surface area contributed by atoms with E-state index in [-0.39, 0.29) is 6.04 Å². The lowest BCUT2D eigenvalue weighted by Gasteiger charge is -2.36. The highest BCUT2D eigenvalue weighted by Crippen LogP contribution is 2.32. The fourth-order valence-corrected chi connectivity index (χ4v) is 3.82. The minimum absolute atomic E-state index is 0.265. The first-order valence-electron chi connectivity index (χ1n) is 10.4. The maximum atomic E-state index is 12.9.